The number of nitrogens with zero attached hydrogens (tertiary/aromatic N) is 2. The Morgan fingerprint density at radius 1 is 0.950 bits per heavy atom. The molecule has 0 atom stereocenters. The van der Waals surface area contributed by atoms with Crippen LogP contribution >= 0.6 is 0 Å². The van der Waals surface area contributed by atoms with Crippen LogP contribution in [0.25, 0.3) is 10.8 Å². The van der Waals surface area contributed by atoms with E-state index in [2.05, 4.69) is 27.6 Å². The second-order valence-electron chi connectivity index (χ2n) is 4.65. The van der Waals surface area contributed by atoms with Crippen LogP contribution in [-0.2, 0) is 13.1 Å². The Labute approximate surface area is 117 Å². The summed E-state index contributed by atoms with van der Waals surface area (Å²) in [6.45, 7) is 1.29. The lowest BCUT2D eigenvalue weighted by Crippen LogP contribution is -2.03. The third-order valence-corrected chi connectivity index (χ3v) is 3.29. The smallest absolute Gasteiger partial charge is 0.156 e. The van der Waals surface area contributed by atoms with E-state index in [-0.39, 0.29) is 0 Å². The summed E-state index contributed by atoms with van der Waals surface area (Å²) in [6.07, 6.45) is 1.77. The summed E-state index contributed by atoms with van der Waals surface area (Å²) < 4.78 is 0. The molecule has 0 saturated carbocycles. The molecule has 3 N–H and O–H groups in total. The first-order chi connectivity index (χ1) is 9.86. The zero-order chi connectivity index (χ0) is 13.8. The molecule has 0 fully saturated rings. The molecule has 3 rings (SSSR count). The van der Waals surface area contributed by atoms with Gasteiger partial charge in [-0.1, -0.05) is 48.5 Å². The number of nitrogens with two attached hydrogens (primary N) is 1. The molecule has 100 valence electrons. The second-order valence-corrected chi connectivity index (χ2v) is 4.65. The van der Waals surface area contributed by atoms with Crippen molar-refractivity contribution < 1.29 is 0 Å². The van der Waals surface area contributed by atoms with Crippen LogP contribution in [0, 0.1) is 0 Å². The first kappa shape index (κ1) is 12.6. The van der Waals surface area contributed by atoms with Crippen molar-refractivity contribution in [1.29, 1.82) is 0 Å². The second kappa shape index (κ2) is 5.67. The van der Waals surface area contributed by atoms with Crippen LogP contribution in [0.5, 0.6) is 0 Å². The van der Waals surface area contributed by atoms with Crippen molar-refractivity contribution in [2.75, 3.05) is 5.32 Å². The number of hydrogen-bond donors (Lipinski definition) is 2. The Kier molecular flexibility index (Phi) is 3.56. The fourth-order valence-electron chi connectivity index (χ4n) is 2.14. The normalized spacial score (nSPS) is 10.7. The molecule has 1 aromatic heterocycles. The lowest BCUT2D eigenvalue weighted by molar-refractivity contribution is 1.01. The maximum Gasteiger partial charge on any atom is 0.156 e. The summed E-state index contributed by atoms with van der Waals surface area (Å²) in [5, 5.41) is 13.7. The molecule has 2 aromatic carbocycles. The molecule has 20 heavy (non-hydrogen) atoms. The summed E-state index contributed by atoms with van der Waals surface area (Å²) in [7, 11) is 0. The third-order valence-electron chi connectivity index (χ3n) is 3.29. The molecule has 0 radical (unpaired) electrons. The van der Waals surface area contributed by atoms with Crippen molar-refractivity contribution in [1.82, 2.24) is 10.2 Å². The number of hydrogen-bond acceptors (Lipinski definition) is 4. The number of anilines is 1. The fourth-order valence-corrected chi connectivity index (χ4v) is 2.14. The van der Waals surface area contributed by atoms with E-state index in [4.69, 9.17) is 5.73 Å². The Morgan fingerprint density at radius 3 is 2.50 bits per heavy atom. The Hall–Kier alpha value is -2.46. The summed E-state index contributed by atoms with van der Waals surface area (Å²) >= 11 is 0. The summed E-state index contributed by atoms with van der Waals surface area (Å²) in [5.74, 6) is 0.811. The van der Waals surface area contributed by atoms with Crippen LogP contribution in [0.15, 0.2) is 54.7 Å². The standard InChI is InChI=1S/C16H16N4/c17-9-12-5-7-13(8-6-12)10-18-16-15-4-2-1-3-14(15)11-19-20-16/h1-8,11H,9-10,17H2,(H,18,20). The predicted molar refractivity (Wildman–Crippen MR) is 81.2 cm³/mol. The lowest BCUT2D eigenvalue weighted by atomic mass is 10.1. The van der Waals surface area contributed by atoms with E-state index in [0.717, 1.165) is 22.2 Å². The van der Waals surface area contributed by atoms with Crippen molar-refractivity contribution in [2.45, 2.75) is 13.1 Å². The molecule has 0 aliphatic rings. The molecule has 1 heterocycles. The van der Waals surface area contributed by atoms with Gasteiger partial charge in [0.15, 0.2) is 5.82 Å². The van der Waals surface area contributed by atoms with Crippen LogP contribution in [-0.4, -0.2) is 10.2 Å². The van der Waals surface area contributed by atoms with Gasteiger partial charge in [0.25, 0.3) is 0 Å². The van der Waals surface area contributed by atoms with Crippen LogP contribution in [0.3, 0.4) is 0 Å². The van der Waals surface area contributed by atoms with E-state index in [1.165, 1.54) is 5.56 Å². The van der Waals surface area contributed by atoms with E-state index in [0.29, 0.717) is 13.1 Å². The zero-order valence-electron chi connectivity index (χ0n) is 11.1. The van der Waals surface area contributed by atoms with E-state index >= 15 is 0 Å². The van der Waals surface area contributed by atoms with Crippen molar-refractivity contribution in [2.24, 2.45) is 5.73 Å². The molecule has 0 saturated heterocycles. The highest BCUT2D eigenvalue weighted by molar-refractivity contribution is 5.90. The van der Waals surface area contributed by atoms with Crippen LogP contribution in [0.2, 0.25) is 0 Å². The summed E-state index contributed by atoms with van der Waals surface area (Å²) in [6, 6.07) is 16.3. The van der Waals surface area contributed by atoms with Gasteiger partial charge in [-0.3, -0.25) is 0 Å². The Morgan fingerprint density at radius 2 is 1.70 bits per heavy atom. The SMILES string of the molecule is NCc1ccc(CNc2nncc3ccccc23)cc1. The van der Waals surface area contributed by atoms with Gasteiger partial charge in [-0.2, -0.15) is 5.10 Å². The van der Waals surface area contributed by atoms with Crippen molar-refractivity contribution >= 4 is 16.6 Å². The molecular formula is C16H16N4. The number of rotatable bonds is 4. The minimum atomic E-state index is 0.572. The molecule has 0 spiro atoms. The van der Waals surface area contributed by atoms with Gasteiger partial charge in [0.2, 0.25) is 0 Å². The van der Waals surface area contributed by atoms with Crippen molar-refractivity contribution in [3.05, 3.63) is 65.9 Å². The highest BCUT2D eigenvalue weighted by Gasteiger charge is 2.02. The number of benzene rings is 2. The van der Waals surface area contributed by atoms with Gasteiger partial charge in [0.1, 0.15) is 0 Å². The van der Waals surface area contributed by atoms with Gasteiger partial charge in [0, 0.05) is 23.9 Å². The minimum absolute atomic E-state index is 0.572. The quantitative estimate of drug-likeness (QED) is 0.760. The predicted octanol–water partition coefficient (Wildman–Crippen LogP) is 2.70. The van der Waals surface area contributed by atoms with Gasteiger partial charge in [-0.05, 0) is 11.1 Å². The highest BCUT2D eigenvalue weighted by atomic mass is 15.2. The zero-order valence-corrected chi connectivity index (χ0v) is 11.1. The average Bonchev–Trinajstić information content (AvgIpc) is 2.53. The van der Waals surface area contributed by atoms with Gasteiger partial charge < -0.3 is 11.1 Å². The third kappa shape index (κ3) is 2.60. The molecule has 0 unspecified atom stereocenters. The van der Waals surface area contributed by atoms with Crippen LogP contribution in [0.1, 0.15) is 11.1 Å². The van der Waals surface area contributed by atoms with Gasteiger partial charge >= 0.3 is 0 Å². The van der Waals surface area contributed by atoms with E-state index < -0.39 is 0 Å². The number of fused-ring (bicyclic) bond motifs is 1. The van der Waals surface area contributed by atoms with Crippen LogP contribution < -0.4 is 11.1 Å². The largest absolute Gasteiger partial charge is 0.364 e. The fraction of sp³-hybridized carbons (Fsp3) is 0.125. The molecule has 0 bridgehead atoms. The van der Waals surface area contributed by atoms with E-state index in [1.54, 1.807) is 6.20 Å². The maximum absolute atomic E-state index is 5.59. The molecule has 0 aliphatic carbocycles. The van der Waals surface area contributed by atoms with Crippen LogP contribution in [0.4, 0.5) is 5.82 Å². The minimum Gasteiger partial charge on any atom is -0.364 e. The van der Waals surface area contributed by atoms with E-state index in [9.17, 15) is 0 Å². The molecule has 4 heteroatoms. The van der Waals surface area contributed by atoms with Gasteiger partial charge in [-0.15, -0.1) is 5.10 Å². The summed E-state index contributed by atoms with van der Waals surface area (Å²) in [5.41, 5.74) is 7.92. The highest BCUT2D eigenvalue weighted by Crippen LogP contribution is 2.19. The number of nitrogens with one attached hydrogen (secondary N) is 1. The first-order valence-electron chi connectivity index (χ1n) is 6.59. The van der Waals surface area contributed by atoms with E-state index in [1.807, 2.05) is 36.4 Å². The Balaban J connectivity index is 1.79. The first-order valence-corrected chi connectivity index (χ1v) is 6.59. The molecule has 0 amide bonds. The molecule has 4 nitrogen and oxygen atoms in total. The van der Waals surface area contributed by atoms with Crippen molar-refractivity contribution in [3.8, 4) is 0 Å². The van der Waals surface area contributed by atoms with Gasteiger partial charge in [0.05, 0.1) is 6.20 Å². The lowest BCUT2D eigenvalue weighted by Gasteiger charge is -2.08. The van der Waals surface area contributed by atoms with Gasteiger partial charge in [-0.25, -0.2) is 0 Å². The van der Waals surface area contributed by atoms with Crippen molar-refractivity contribution in [3.63, 3.8) is 0 Å². The monoisotopic (exact) mass is 264 g/mol. The average molecular weight is 264 g/mol. The summed E-state index contributed by atoms with van der Waals surface area (Å²) in [4.78, 5) is 0. The molecular weight excluding hydrogens is 248 g/mol. The molecule has 0 aliphatic heterocycles. The Bertz CT molecular complexity index is 702. The molecule has 3 aromatic rings. The maximum atomic E-state index is 5.59. The number of aromatic nitrogens is 2. The topological polar surface area (TPSA) is 63.8 Å².